The highest BCUT2D eigenvalue weighted by Crippen LogP contribution is 2.08. The third-order valence-electron chi connectivity index (χ3n) is 2.33. The zero-order valence-electron chi connectivity index (χ0n) is 9.73. The molecular weight excluding hydrogens is 226 g/mol. The van der Waals surface area contributed by atoms with E-state index in [0.717, 1.165) is 0 Å². The fraction of sp³-hybridized carbons (Fsp3) is 0.455. The number of methoxy groups -OCH3 is 1. The number of amides is 1. The van der Waals surface area contributed by atoms with Gasteiger partial charge in [-0.25, -0.2) is 0 Å². The molecule has 0 saturated carbocycles. The van der Waals surface area contributed by atoms with Gasteiger partial charge < -0.3 is 19.6 Å². The van der Waals surface area contributed by atoms with E-state index in [-0.39, 0.29) is 18.9 Å². The molecule has 17 heavy (non-hydrogen) atoms. The molecule has 2 N–H and O–H groups in total. The van der Waals surface area contributed by atoms with Crippen LogP contribution in [0.4, 0.5) is 0 Å². The Morgan fingerprint density at radius 2 is 2.29 bits per heavy atom. The minimum Gasteiger partial charge on any atom is -0.481 e. The van der Waals surface area contributed by atoms with Crippen molar-refractivity contribution < 1.29 is 23.8 Å². The minimum absolute atomic E-state index is 0.145. The van der Waals surface area contributed by atoms with E-state index in [4.69, 9.17) is 14.3 Å². The van der Waals surface area contributed by atoms with E-state index < -0.39 is 12.1 Å². The van der Waals surface area contributed by atoms with Crippen LogP contribution in [0.15, 0.2) is 16.7 Å². The van der Waals surface area contributed by atoms with Gasteiger partial charge in [0.05, 0.1) is 24.4 Å². The summed E-state index contributed by atoms with van der Waals surface area (Å²) in [5.74, 6) is -0.746. The number of hydrogen-bond donors (Lipinski definition) is 2. The molecule has 0 radical (unpaired) electrons. The molecule has 1 heterocycles. The van der Waals surface area contributed by atoms with Gasteiger partial charge in [0.2, 0.25) is 0 Å². The summed E-state index contributed by atoms with van der Waals surface area (Å²) in [6.45, 7) is 1.83. The number of carbonyl (C=O) groups excluding carboxylic acids is 1. The lowest BCUT2D eigenvalue weighted by molar-refractivity contribution is -0.139. The lowest BCUT2D eigenvalue weighted by Crippen LogP contribution is -2.34. The summed E-state index contributed by atoms with van der Waals surface area (Å²) in [5.41, 5.74) is 0.440. The maximum Gasteiger partial charge on any atom is 0.306 e. The van der Waals surface area contributed by atoms with E-state index in [1.165, 1.54) is 13.4 Å². The summed E-state index contributed by atoms with van der Waals surface area (Å²) in [5, 5.41) is 11.2. The van der Waals surface area contributed by atoms with E-state index in [1.54, 1.807) is 13.0 Å². The largest absolute Gasteiger partial charge is 0.481 e. The Bertz CT molecular complexity index is 398. The highest BCUT2D eigenvalue weighted by molar-refractivity contribution is 5.95. The number of hydrogen-bond acceptors (Lipinski definition) is 4. The summed E-state index contributed by atoms with van der Waals surface area (Å²) in [6.07, 6.45) is 0.736. The molecule has 0 aliphatic rings. The SMILES string of the molecule is COC(CNC(=O)c1ccoc1C)CC(=O)O. The number of carboxylic acids is 1. The van der Waals surface area contributed by atoms with Crippen LogP contribution in [0.1, 0.15) is 22.5 Å². The average Bonchev–Trinajstić information content (AvgIpc) is 2.69. The van der Waals surface area contributed by atoms with Gasteiger partial charge in [0, 0.05) is 13.7 Å². The van der Waals surface area contributed by atoms with E-state index in [1.807, 2.05) is 0 Å². The first kappa shape index (κ1) is 13.2. The molecule has 1 amide bonds. The summed E-state index contributed by atoms with van der Waals surface area (Å²) < 4.78 is 9.94. The first-order chi connectivity index (χ1) is 8.04. The van der Waals surface area contributed by atoms with Crippen LogP contribution in [0.3, 0.4) is 0 Å². The average molecular weight is 241 g/mol. The molecule has 0 bridgehead atoms. The molecule has 6 nitrogen and oxygen atoms in total. The predicted molar refractivity (Wildman–Crippen MR) is 58.8 cm³/mol. The van der Waals surface area contributed by atoms with Gasteiger partial charge in [-0.3, -0.25) is 9.59 Å². The highest BCUT2D eigenvalue weighted by atomic mass is 16.5. The van der Waals surface area contributed by atoms with Gasteiger partial charge in [-0.2, -0.15) is 0 Å². The van der Waals surface area contributed by atoms with E-state index in [2.05, 4.69) is 5.32 Å². The Kier molecular flexibility index (Phi) is 4.71. The van der Waals surface area contributed by atoms with Crippen molar-refractivity contribution in [2.45, 2.75) is 19.4 Å². The molecule has 94 valence electrons. The molecule has 1 aromatic rings. The standard InChI is InChI=1S/C11H15NO5/c1-7-9(3-4-17-7)11(15)12-6-8(16-2)5-10(13)14/h3-4,8H,5-6H2,1-2H3,(H,12,15)(H,13,14). The monoisotopic (exact) mass is 241 g/mol. The quantitative estimate of drug-likeness (QED) is 0.769. The molecule has 6 heteroatoms. The maximum absolute atomic E-state index is 11.7. The van der Waals surface area contributed by atoms with Crippen LogP contribution < -0.4 is 5.32 Å². The van der Waals surface area contributed by atoms with Crippen molar-refractivity contribution >= 4 is 11.9 Å². The van der Waals surface area contributed by atoms with Gasteiger partial charge in [0.15, 0.2) is 0 Å². The van der Waals surface area contributed by atoms with Crippen LogP contribution in [0, 0.1) is 6.92 Å². The second-order valence-corrected chi connectivity index (χ2v) is 3.56. The van der Waals surface area contributed by atoms with Gasteiger partial charge in [0.25, 0.3) is 5.91 Å². The van der Waals surface area contributed by atoms with Crippen molar-refractivity contribution in [3.8, 4) is 0 Å². The lowest BCUT2D eigenvalue weighted by Gasteiger charge is -2.13. The van der Waals surface area contributed by atoms with Gasteiger partial charge in [-0.15, -0.1) is 0 Å². The zero-order chi connectivity index (χ0) is 12.8. The number of ether oxygens (including phenoxy) is 1. The molecule has 0 saturated heterocycles. The zero-order valence-corrected chi connectivity index (χ0v) is 9.73. The number of carbonyl (C=O) groups is 2. The molecular formula is C11H15NO5. The first-order valence-electron chi connectivity index (χ1n) is 5.11. The Morgan fingerprint density at radius 1 is 1.59 bits per heavy atom. The van der Waals surface area contributed by atoms with Gasteiger partial charge in [-0.05, 0) is 13.0 Å². The molecule has 0 fully saturated rings. The molecule has 1 aromatic heterocycles. The highest BCUT2D eigenvalue weighted by Gasteiger charge is 2.16. The van der Waals surface area contributed by atoms with Crippen molar-refractivity contribution in [3.05, 3.63) is 23.7 Å². The van der Waals surface area contributed by atoms with E-state index >= 15 is 0 Å². The second-order valence-electron chi connectivity index (χ2n) is 3.56. The number of rotatable bonds is 6. The molecule has 1 atom stereocenters. The summed E-state index contributed by atoms with van der Waals surface area (Å²) >= 11 is 0. The smallest absolute Gasteiger partial charge is 0.306 e. The third-order valence-corrected chi connectivity index (χ3v) is 2.33. The van der Waals surface area contributed by atoms with Crippen LogP contribution in [-0.4, -0.2) is 36.7 Å². The lowest BCUT2D eigenvalue weighted by atomic mass is 10.2. The van der Waals surface area contributed by atoms with Crippen molar-refractivity contribution in [2.75, 3.05) is 13.7 Å². The molecule has 0 aliphatic heterocycles. The van der Waals surface area contributed by atoms with Crippen molar-refractivity contribution in [2.24, 2.45) is 0 Å². The Balaban J connectivity index is 2.47. The normalized spacial score (nSPS) is 12.1. The Hall–Kier alpha value is -1.82. The van der Waals surface area contributed by atoms with Crippen LogP contribution in [-0.2, 0) is 9.53 Å². The van der Waals surface area contributed by atoms with Gasteiger partial charge >= 0.3 is 5.97 Å². The molecule has 1 unspecified atom stereocenters. The number of aryl methyl sites for hydroxylation is 1. The number of nitrogens with one attached hydrogen (secondary N) is 1. The first-order valence-corrected chi connectivity index (χ1v) is 5.11. The fourth-order valence-electron chi connectivity index (χ4n) is 1.36. The van der Waals surface area contributed by atoms with Crippen LogP contribution >= 0.6 is 0 Å². The number of carboxylic acid groups (broad SMARTS) is 1. The van der Waals surface area contributed by atoms with Crippen molar-refractivity contribution in [3.63, 3.8) is 0 Å². The molecule has 1 rings (SSSR count). The topological polar surface area (TPSA) is 88.8 Å². The molecule has 0 spiro atoms. The van der Waals surface area contributed by atoms with E-state index in [9.17, 15) is 9.59 Å². The summed E-state index contributed by atoms with van der Waals surface area (Å²) in [4.78, 5) is 22.1. The number of aliphatic carboxylic acids is 1. The summed E-state index contributed by atoms with van der Waals surface area (Å²) in [7, 11) is 1.41. The van der Waals surface area contributed by atoms with Crippen LogP contribution in [0.2, 0.25) is 0 Å². The molecule has 0 aromatic carbocycles. The van der Waals surface area contributed by atoms with Crippen LogP contribution in [0.5, 0.6) is 0 Å². The summed E-state index contributed by atoms with van der Waals surface area (Å²) in [6, 6.07) is 1.56. The Morgan fingerprint density at radius 3 is 2.76 bits per heavy atom. The maximum atomic E-state index is 11.7. The fourth-order valence-corrected chi connectivity index (χ4v) is 1.36. The minimum atomic E-state index is -0.967. The van der Waals surface area contributed by atoms with Gasteiger partial charge in [0.1, 0.15) is 5.76 Å². The second kappa shape index (κ2) is 6.05. The van der Waals surface area contributed by atoms with Crippen molar-refractivity contribution in [1.29, 1.82) is 0 Å². The Labute approximate surface area is 98.6 Å². The predicted octanol–water partition coefficient (Wildman–Crippen LogP) is 0.808. The van der Waals surface area contributed by atoms with Crippen molar-refractivity contribution in [1.82, 2.24) is 5.32 Å². The third kappa shape index (κ3) is 3.92. The van der Waals surface area contributed by atoms with Crippen LogP contribution in [0.25, 0.3) is 0 Å². The molecule has 0 aliphatic carbocycles. The number of furan rings is 1. The van der Waals surface area contributed by atoms with Gasteiger partial charge in [-0.1, -0.05) is 0 Å². The van der Waals surface area contributed by atoms with E-state index in [0.29, 0.717) is 11.3 Å².